The molecule has 1 N–H and O–H groups in total. The number of piperidine rings is 4. The molecule has 4 rings (SSSR count). The Morgan fingerprint density at radius 2 is 1.62 bits per heavy atom. The molecule has 16 heavy (non-hydrogen) atoms. The molecule has 0 aromatic rings. The molecule has 4 heterocycles. The molecule has 1 unspecified atom stereocenters. The first kappa shape index (κ1) is 11.0. The lowest BCUT2D eigenvalue weighted by Crippen LogP contribution is -2.59. The largest absolute Gasteiger partial charge is 0.310 e. The van der Waals surface area contributed by atoms with Gasteiger partial charge in [0.05, 0.1) is 0 Å². The zero-order valence-electron chi connectivity index (χ0n) is 10.5. The summed E-state index contributed by atoms with van der Waals surface area (Å²) >= 11 is 0. The minimum atomic E-state index is 0.793. The second kappa shape index (κ2) is 4.63. The van der Waals surface area contributed by atoms with Crippen molar-refractivity contribution in [3.63, 3.8) is 0 Å². The molecule has 4 aliphatic rings. The zero-order valence-corrected chi connectivity index (χ0v) is 10.5. The van der Waals surface area contributed by atoms with Crippen LogP contribution in [-0.4, -0.2) is 61.7 Å². The Kier molecular flexibility index (Phi) is 3.18. The van der Waals surface area contributed by atoms with Gasteiger partial charge >= 0.3 is 0 Å². The van der Waals surface area contributed by atoms with E-state index in [9.17, 15) is 0 Å². The maximum atomic E-state index is 3.94. The van der Waals surface area contributed by atoms with Crippen LogP contribution in [0.25, 0.3) is 0 Å². The minimum absolute atomic E-state index is 0.793. The highest BCUT2D eigenvalue weighted by atomic mass is 15.2. The monoisotopic (exact) mass is 223 g/mol. The van der Waals surface area contributed by atoms with Crippen LogP contribution in [0.5, 0.6) is 0 Å². The second-order valence-corrected chi connectivity index (χ2v) is 5.99. The number of likely N-dealkylation sites (tertiary alicyclic amines) is 1. The van der Waals surface area contributed by atoms with Crippen LogP contribution in [0.15, 0.2) is 0 Å². The molecule has 1 atom stereocenters. The van der Waals surface area contributed by atoms with Gasteiger partial charge in [0.15, 0.2) is 0 Å². The van der Waals surface area contributed by atoms with Crippen molar-refractivity contribution in [2.24, 2.45) is 5.92 Å². The lowest BCUT2D eigenvalue weighted by molar-refractivity contribution is 0.0614. The molecule has 0 saturated carbocycles. The van der Waals surface area contributed by atoms with E-state index in [0.29, 0.717) is 0 Å². The van der Waals surface area contributed by atoms with Crippen LogP contribution in [0.1, 0.15) is 25.7 Å². The number of hydrogen-bond donors (Lipinski definition) is 1. The quantitative estimate of drug-likeness (QED) is 0.746. The maximum Gasteiger partial charge on any atom is 0.0226 e. The van der Waals surface area contributed by atoms with E-state index in [1.54, 1.807) is 0 Å². The maximum absolute atomic E-state index is 3.94. The summed E-state index contributed by atoms with van der Waals surface area (Å²) in [4.78, 5) is 5.10. The van der Waals surface area contributed by atoms with Crippen LogP contribution in [0.4, 0.5) is 0 Å². The summed E-state index contributed by atoms with van der Waals surface area (Å²) in [6.07, 6.45) is 5.56. The van der Waals surface area contributed by atoms with Crippen molar-refractivity contribution in [1.29, 1.82) is 0 Å². The van der Waals surface area contributed by atoms with Crippen molar-refractivity contribution >= 4 is 0 Å². The normalized spacial score (nSPS) is 41.4. The lowest BCUT2D eigenvalue weighted by atomic mass is 9.83. The Morgan fingerprint density at radius 1 is 0.938 bits per heavy atom. The molecule has 2 bridgehead atoms. The fourth-order valence-corrected chi connectivity index (χ4v) is 3.63. The fourth-order valence-electron chi connectivity index (χ4n) is 3.63. The molecule has 0 aliphatic carbocycles. The summed E-state index contributed by atoms with van der Waals surface area (Å²) in [5.41, 5.74) is 0. The zero-order chi connectivity index (χ0) is 11.0. The lowest BCUT2D eigenvalue weighted by Gasteiger charge is -2.47. The van der Waals surface area contributed by atoms with Crippen molar-refractivity contribution in [2.75, 3.05) is 39.8 Å². The van der Waals surface area contributed by atoms with Crippen molar-refractivity contribution < 1.29 is 0 Å². The van der Waals surface area contributed by atoms with E-state index in [-0.39, 0.29) is 0 Å². The summed E-state index contributed by atoms with van der Waals surface area (Å²) < 4.78 is 0. The topological polar surface area (TPSA) is 18.5 Å². The Labute approximate surface area is 99.2 Å². The Hall–Kier alpha value is -0.120. The molecule has 0 amide bonds. The SMILES string of the molecule is CN1CCC(NC2CN3CCC2CC3)CC1. The van der Waals surface area contributed by atoms with Gasteiger partial charge in [-0.2, -0.15) is 0 Å². The summed E-state index contributed by atoms with van der Waals surface area (Å²) in [7, 11) is 2.24. The number of fused-ring (bicyclic) bond motifs is 3. The van der Waals surface area contributed by atoms with Crippen LogP contribution in [-0.2, 0) is 0 Å². The van der Waals surface area contributed by atoms with Gasteiger partial charge in [0, 0.05) is 18.6 Å². The van der Waals surface area contributed by atoms with Crippen molar-refractivity contribution in [1.82, 2.24) is 15.1 Å². The molecule has 0 aromatic heterocycles. The van der Waals surface area contributed by atoms with Gasteiger partial charge in [0.25, 0.3) is 0 Å². The van der Waals surface area contributed by atoms with Gasteiger partial charge < -0.3 is 15.1 Å². The summed E-state index contributed by atoms with van der Waals surface area (Å²) in [6.45, 7) is 6.58. The molecular formula is C13H25N3. The van der Waals surface area contributed by atoms with Crippen LogP contribution < -0.4 is 5.32 Å². The fraction of sp³-hybridized carbons (Fsp3) is 1.00. The van der Waals surface area contributed by atoms with Gasteiger partial charge in [-0.05, 0) is 64.8 Å². The van der Waals surface area contributed by atoms with E-state index >= 15 is 0 Å². The Balaban J connectivity index is 1.51. The van der Waals surface area contributed by atoms with Crippen molar-refractivity contribution in [3.05, 3.63) is 0 Å². The van der Waals surface area contributed by atoms with Gasteiger partial charge in [-0.25, -0.2) is 0 Å². The third-order valence-electron chi connectivity index (χ3n) is 4.82. The highest BCUT2D eigenvalue weighted by Gasteiger charge is 2.35. The predicted octanol–water partition coefficient (Wildman–Crippen LogP) is 0.764. The minimum Gasteiger partial charge on any atom is -0.310 e. The highest BCUT2D eigenvalue weighted by Crippen LogP contribution is 2.28. The van der Waals surface area contributed by atoms with E-state index in [1.807, 2.05) is 0 Å². The molecule has 0 radical (unpaired) electrons. The molecular weight excluding hydrogens is 198 g/mol. The van der Waals surface area contributed by atoms with E-state index in [0.717, 1.165) is 18.0 Å². The smallest absolute Gasteiger partial charge is 0.0226 e. The number of hydrogen-bond acceptors (Lipinski definition) is 3. The average molecular weight is 223 g/mol. The highest BCUT2D eigenvalue weighted by molar-refractivity contribution is 4.93. The predicted molar refractivity (Wildman–Crippen MR) is 66.6 cm³/mol. The molecule has 3 nitrogen and oxygen atoms in total. The first-order valence-corrected chi connectivity index (χ1v) is 6.98. The first-order chi connectivity index (χ1) is 7.81. The number of nitrogens with zero attached hydrogens (tertiary/aromatic N) is 2. The van der Waals surface area contributed by atoms with Crippen LogP contribution >= 0.6 is 0 Å². The third-order valence-corrected chi connectivity index (χ3v) is 4.82. The molecule has 92 valence electrons. The van der Waals surface area contributed by atoms with E-state index in [1.165, 1.54) is 58.4 Å². The molecule has 0 spiro atoms. The van der Waals surface area contributed by atoms with Crippen molar-refractivity contribution in [2.45, 2.75) is 37.8 Å². The van der Waals surface area contributed by atoms with E-state index in [4.69, 9.17) is 0 Å². The Bertz CT molecular complexity index is 227. The van der Waals surface area contributed by atoms with Crippen LogP contribution in [0.3, 0.4) is 0 Å². The molecule has 4 aliphatic heterocycles. The molecule has 3 heteroatoms. The van der Waals surface area contributed by atoms with Crippen LogP contribution in [0.2, 0.25) is 0 Å². The average Bonchev–Trinajstić information content (AvgIpc) is 2.34. The second-order valence-electron chi connectivity index (χ2n) is 5.99. The molecule has 4 saturated heterocycles. The standard InChI is InChI=1S/C13H25N3/c1-15-6-4-12(5-7-15)14-13-10-16-8-2-11(13)3-9-16/h11-14H,2-10H2,1H3. The Morgan fingerprint density at radius 3 is 2.19 bits per heavy atom. The van der Waals surface area contributed by atoms with E-state index in [2.05, 4.69) is 22.2 Å². The van der Waals surface area contributed by atoms with Crippen LogP contribution in [0, 0.1) is 5.92 Å². The number of nitrogens with one attached hydrogen (secondary N) is 1. The first-order valence-electron chi connectivity index (χ1n) is 6.98. The van der Waals surface area contributed by atoms with Gasteiger partial charge in [-0.1, -0.05) is 0 Å². The number of rotatable bonds is 2. The molecule has 0 aromatic carbocycles. The van der Waals surface area contributed by atoms with Gasteiger partial charge in [0.1, 0.15) is 0 Å². The summed E-state index contributed by atoms with van der Waals surface area (Å²) in [6, 6.07) is 1.60. The van der Waals surface area contributed by atoms with Gasteiger partial charge in [-0.15, -0.1) is 0 Å². The molecule has 4 fully saturated rings. The van der Waals surface area contributed by atoms with Crippen molar-refractivity contribution in [3.8, 4) is 0 Å². The summed E-state index contributed by atoms with van der Waals surface area (Å²) in [5, 5.41) is 3.94. The third kappa shape index (κ3) is 2.27. The van der Waals surface area contributed by atoms with Gasteiger partial charge in [0.2, 0.25) is 0 Å². The summed E-state index contributed by atoms with van der Waals surface area (Å²) in [5.74, 6) is 0.977. The van der Waals surface area contributed by atoms with Gasteiger partial charge in [-0.3, -0.25) is 0 Å². The van der Waals surface area contributed by atoms with E-state index < -0.39 is 0 Å².